The van der Waals surface area contributed by atoms with Gasteiger partial charge in [-0.3, -0.25) is 4.79 Å². The van der Waals surface area contributed by atoms with Crippen LogP contribution in [0.5, 0.6) is 0 Å². The number of nitrogens with one attached hydrogen (secondary N) is 2. The molecular weight excluding hydrogens is 212 g/mol. The van der Waals surface area contributed by atoms with Crippen molar-refractivity contribution in [2.75, 3.05) is 13.1 Å². The Hall–Kier alpha value is -0.570. The van der Waals surface area contributed by atoms with Gasteiger partial charge >= 0.3 is 0 Å². The van der Waals surface area contributed by atoms with Gasteiger partial charge in [0.15, 0.2) is 0 Å². The third kappa shape index (κ3) is 5.53. The minimum absolute atomic E-state index is 0.0569. The Bertz CT molecular complexity index is 232. The molecule has 2 N–H and O–H groups in total. The van der Waals surface area contributed by atoms with Crippen LogP contribution in [0.4, 0.5) is 0 Å². The highest BCUT2D eigenvalue weighted by atomic mass is 16.2. The first-order valence-corrected chi connectivity index (χ1v) is 7.06. The van der Waals surface area contributed by atoms with E-state index in [1.54, 1.807) is 0 Å². The van der Waals surface area contributed by atoms with Crippen LogP contribution in [0.1, 0.15) is 59.3 Å². The number of unbranched alkanes of at least 4 members (excludes halogenated alkanes) is 2. The van der Waals surface area contributed by atoms with Crippen LogP contribution in [-0.2, 0) is 4.79 Å². The molecule has 0 aromatic rings. The maximum atomic E-state index is 11.8. The molecule has 0 aliphatic carbocycles. The molecule has 100 valence electrons. The summed E-state index contributed by atoms with van der Waals surface area (Å²) in [5.41, 5.74) is 0.226. The van der Waals surface area contributed by atoms with Gasteiger partial charge in [0.05, 0.1) is 6.04 Å². The van der Waals surface area contributed by atoms with Crippen molar-refractivity contribution in [1.82, 2.24) is 10.6 Å². The fourth-order valence-electron chi connectivity index (χ4n) is 2.30. The smallest absolute Gasteiger partial charge is 0.237 e. The van der Waals surface area contributed by atoms with Gasteiger partial charge in [0.25, 0.3) is 0 Å². The quantitative estimate of drug-likeness (QED) is 0.671. The van der Waals surface area contributed by atoms with Crippen LogP contribution in [0.25, 0.3) is 0 Å². The molecule has 3 heteroatoms. The van der Waals surface area contributed by atoms with Crippen molar-refractivity contribution >= 4 is 5.91 Å². The van der Waals surface area contributed by atoms with E-state index in [-0.39, 0.29) is 17.4 Å². The summed E-state index contributed by atoms with van der Waals surface area (Å²) in [5.74, 6) is 0.186. The number of amides is 1. The third-order valence-electron chi connectivity index (χ3n) is 3.58. The molecule has 1 aliphatic heterocycles. The van der Waals surface area contributed by atoms with Crippen LogP contribution in [0.2, 0.25) is 0 Å². The molecule has 0 saturated carbocycles. The van der Waals surface area contributed by atoms with Crippen LogP contribution in [0.15, 0.2) is 0 Å². The van der Waals surface area contributed by atoms with Gasteiger partial charge < -0.3 is 10.6 Å². The molecule has 0 radical (unpaired) electrons. The Labute approximate surface area is 106 Å². The largest absolute Gasteiger partial charge is 0.354 e. The number of carbonyl (C=O) groups excluding carboxylic acids is 1. The lowest BCUT2D eigenvalue weighted by Gasteiger charge is -2.25. The van der Waals surface area contributed by atoms with E-state index in [4.69, 9.17) is 0 Å². The summed E-state index contributed by atoms with van der Waals surface area (Å²) >= 11 is 0. The number of rotatable bonds is 7. The number of hydrogen-bond donors (Lipinski definition) is 2. The van der Waals surface area contributed by atoms with Gasteiger partial charge in [-0.2, -0.15) is 0 Å². The first-order chi connectivity index (χ1) is 8.05. The van der Waals surface area contributed by atoms with Crippen LogP contribution in [0.3, 0.4) is 0 Å². The van der Waals surface area contributed by atoms with Crippen molar-refractivity contribution in [3.8, 4) is 0 Å². The van der Waals surface area contributed by atoms with Gasteiger partial charge in [-0.15, -0.1) is 0 Å². The van der Waals surface area contributed by atoms with Crippen molar-refractivity contribution in [3.63, 3.8) is 0 Å². The molecule has 1 unspecified atom stereocenters. The van der Waals surface area contributed by atoms with Crippen LogP contribution >= 0.6 is 0 Å². The zero-order valence-corrected chi connectivity index (χ0v) is 11.6. The van der Waals surface area contributed by atoms with E-state index in [0.29, 0.717) is 0 Å². The van der Waals surface area contributed by atoms with E-state index in [9.17, 15) is 4.79 Å². The Balaban J connectivity index is 2.20. The minimum Gasteiger partial charge on any atom is -0.354 e. The van der Waals surface area contributed by atoms with Crippen LogP contribution in [-0.4, -0.2) is 25.0 Å². The van der Waals surface area contributed by atoms with E-state index in [1.165, 1.54) is 25.7 Å². The first-order valence-electron chi connectivity index (χ1n) is 7.06. The molecule has 0 bridgehead atoms. The third-order valence-corrected chi connectivity index (χ3v) is 3.58. The standard InChI is InChI=1S/C14H28N2O/c1-4-5-6-9-14(2,3)11-16-13(17)12-8-7-10-15-12/h12,15H,4-11H2,1-3H3,(H,16,17). The number of carbonyl (C=O) groups is 1. The van der Waals surface area contributed by atoms with Gasteiger partial charge in [0.2, 0.25) is 5.91 Å². The molecule has 17 heavy (non-hydrogen) atoms. The zero-order valence-electron chi connectivity index (χ0n) is 11.6. The van der Waals surface area contributed by atoms with Crippen LogP contribution < -0.4 is 10.6 Å². The Kier molecular flexibility index (Phi) is 5.96. The van der Waals surface area contributed by atoms with Crippen molar-refractivity contribution in [3.05, 3.63) is 0 Å². The maximum absolute atomic E-state index is 11.8. The van der Waals surface area contributed by atoms with E-state index in [0.717, 1.165) is 25.9 Å². The van der Waals surface area contributed by atoms with E-state index in [2.05, 4.69) is 31.4 Å². The molecule has 1 amide bonds. The molecule has 0 aromatic heterocycles. The summed E-state index contributed by atoms with van der Waals surface area (Å²) in [6.45, 7) is 8.49. The molecule has 1 rings (SSSR count). The summed E-state index contributed by atoms with van der Waals surface area (Å²) in [4.78, 5) is 11.8. The van der Waals surface area contributed by atoms with Crippen molar-refractivity contribution in [2.45, 2.75) is 65.3 Å². The summed E-state index contributed by atoms with van der Waals surface area (Å²) in [5, 5.41) is 6.32. The number of hydrogen-bond acceptors (Lipinski definition) is 2. The zero-order chi connectivity index (χ0) is 12.7. The normalized spacial score (nSPS) is 20.5. The van der Waals surface area contributed by atoms with Gasteiger partial charge in [-0.05, 0) is 31.2 Å². The monoisotopic (exact) mass is 240 g/mol. The van der Waals surface area contributed by atoms with Gasteiger partial charge in [0.1, 0.15) is 0 Å². The average molecular weight is 240 g/mol. The Morgan fingerprint density at radius 2 is 2.18 bits per heavy atom. The van der Waals surface area contributed by atoms with E-state index >= 15 is 0 Å². The molecule has 1 heterocycles. The second kappa shape index (κ2) is 7.00. The lowest BCUT2D eigenvalue weighted by Crippen LogP contribution is -2.43. The summed E-state index contributed by atoms with van der Waals surface area (Å²) in [6.07, 6.45) is 7.12. The Morgan fingerprint density at radius 3 is 2.76 bits per heavy atom. The lowest BCUT2D eigenvalue weighted by molar-refractivity contribution is -0.123. The highest BCUT2D eigenvalue weighted by Crippen LogP contribution is 2.22. The minimum atomic E-state index is 0.0569. The summed E-state index contributed by atoms with van der Waals surface area (Å²) in [6, 6.07) is 0.0569. The predicted octanol–water partition coefficient (Wildman–Crippen LogP) is 2.46. The molecule has 0 spiro atoms. The molecule has 0 aromatic carbocycles. The Morgan fingerprint density at radius 1 is 1.41 bits per heavy atom. The van der Waals surface area contributed by atoms with Crippen molar-refractivity contribution < 1.29 is 4.79 Å². The van der Waals surface area contributed by atoms with Crippen molar-refractivity contribution in [1.29, 1.82) is 0 Å². The summed E-state index contributed by atoms with van der Waals surface area (Å²) < 4.78 is 0. The first kappa shape index (κ1) is 14.5. The predicted molar refractivity (Wildman–Crippen MR) is 72.0 cm³/mol. The molecule has 3 nitrogen and oxygen atoms in total. The van der Waals surface area contributed by atoms with Gasteiger partial charge in [0, 0.05) is 6.54 Å². The van der Waals surface area contributed by atoms with Gasteiger partial charge in [-0.1, -0.05) is 40.0 Å². The molecule has 1 fully saturated rings. The molecule has 1 atom stereocenters. The van der Waals surface area contributed by atoms with E-state index < -0.39 is 0 Å². The lowest BCUT2D eigenvalue weighted by atomic mass is 9.87. The molecule has 1 saturated heterocycles. The summed E-state index contributed by atoms with van der Waals surface area (Å²) in [7, 11) is 0. The molecular formula is C14H28N2O. The fraction of sp³-hybridized carbons (Fsp3) is 0.929. The highest BCUT2D eigenvalue weighted by Gasteiger charge is 2.24. The SMILES string of the molecule is CCCCCC(C)(C)CNC(=O)C1CCCN1. The topological polar surface area (TPSA) is 41.1 Å². The fourth-order valence-corrected chi connectivity index (χ4v) is 2.30. The van der Waals surface area contributed by atoms with Crippen LogP contribution in [0, 0.1) is 5.41 Å². The second-order valence-corrected chi connectivity index (χ2v) is 5.99. The second-order valence-electron chi connectivity index (χ2n) is 5.99. The van der Waals surface area contributed by atoms with E-state index in [1.807, 2.05) is 0 Å². The van der Waals surface area contributed by atoms with Crippen molar-refractivity contribution in [2.24, 2.45) is 5.41 Å². The molecule has 1 aliphatic rings. The average Bonchev–Trinajstić information content (AvgIpc) is 2.80. The van der Waals surface area contributed by atoms with Gasteiger partial charge in [-0.25, -0.2) is 0 Å². The highest BCUT2D eigenvalue weighted by molar-refractivity contribution is 5.82. The maximum Gasteiger partial charge on any atom is 0.237 e.